The van der Waals surface area contributed by atoms with Gasteiger partial charge in [-0.15, -0.1) is 12.4 Å². The molecular formula is C12H15ClF3NOS. The summed E-state index contributed by atoms with van der Waals surface area (Å²) in [5.41, 5.74) is 1.99. The maximum absolute atomic E-state index is 12.3. The highest BCUT2D eigenvalue weighted by molar-refractivity contribution is 8.00. The van der Waals surface area contributed by atoms with Gasteiger partial charge in [0.2, 0.25) is 0 Å². The van der Waals surface area contributed by atoms with Crippen molar-refractivity contribution in [2.24, 2.45) is 11.7 Å². The molecule has 19 heavy (non-hydrogen) atoms. The van der Waals surface area contributed by atoms with Crippen LogP contribution in [0.3, 0.4) is 0 Å². The lowest BCUT2D eigenvalue weighted by Crippen LogP contribution is -2.11. The molecule has 3 N–H and O–H groups in total. The zero-order valence-electron chi connectivity index (χ0n) is 9.98. The van der Waals surface area contributed by atoms with Gasteiger partial charge in [0.05, 0.1) is 0 Å². The van der Waals surface area contributed by atoms with E-state index in [0.717, 1.165) is 12.8 Å². The molecule has 0 aliphatic heterocycles. The minimum absolute atomic E-state index is 0. The molecule has 1 fully saturated rings. The van der Waals surface area contributed by atoms with E-state index in [0.29, 0.717) is 17.9 Å². The number of phenolic OH excluding ortho intramolecular Hbond substituents is 1. The first-order valence-electron chi connectivity index (χ1n) is 5.69. The highest BCUT2D eigenvalue weighted by atomic mass is 35.5. The van der Waals surface area contributed by atoms with E-state index in [-0.39, 0.29) is 34.8 Å². The van der Waals surface area contributed by atoms with Crippen molar-refractivity contribution in [3.05, 3.63) is 23.8 Å². The molecule has 1 aliphatic rings. The summed E-state index contributed by atoms with van der Waals surface area (Å²) in [7, 11) is 0. The SMILES string of the molecule is Cl.N[C@@H](CC1CC1)c1cc(SC(F)(F)F)ccc1O. The second-order valence-corrected chi connectivity index (χ2v) is 5.69. The largest absolute Gasteiger partial charge is 0.508 e. The zero-order chi connectivity index (χ0) is 13.3. The number of thioether (sulfide) groups is 1. The molecule has 0 radical (unpaired) electrons. The van der Waals surface area contributed by atoms with E-state index in [9.17, 15) is 18.3 Å². The molecule has 1 aromatic rings. The minimum Gasteiger partial charge on any atom is -0.508 e. The van der Waals surface area contributed by atoms with Gasteiger partial charge in [-0.1, -0.05) is 12.8 Å². The van der Waals surface area contributed by atoms with Crippen LogP contribution in [0, 0.1) is 5.92 Å². The Bertz CT molecular complexity index is 437. The topological polar surface area (TPSA) is 46.2 Å². The normalized spacial score (nSPS) is 16.8. The van der Waals surface area contributed by atoms with Crippen LogP contribution in [0.25, 0.3) is 0 Å². The van der Waals surface area contributed by atoms with E-state index >= 15 is 0 Å². The number of halogens is 4. The zero-order valence-corrected chi connectivity index (χ0v) is 11.6. The molecule has 108 valence electrons. The number of aromatic hydroxyl groups is 1. The van der Waals surface area contributed by atoms with E-state index in [1.807, 2.05) is 0 Å². The Morgan fingerprint density at radius 3 is 2.53 bits per heavy atom. The van der Waals surface area contributed by atoms with Gasteiger partial charge >= 0.3 is 5.51 Å². The molecule has 7 heteroatoms. The van der Waals surface area contributed by atoms with E-state index in [1.54, 1.807) is 0 Å². The summed E-state index contributed by atoms with van der Waals surface area (Å²) in [6.07, 6.45) is 2.95. The summed E-state index contributed by atoms with van der Waals surface area (Å²) < 4.78 is 36.8. The average Bonchev–Trinajstić information content (AvgIpc) is 3.02. The van der Waals surface area contributed by atoms with Gasteiger partial charge < -0.3 is 10.8 Å². The van der Waals surface area contributed by atoms with Gasteiger partial charge in [-0.05, 0) is 42.3 Å². The number of phenols is 1. The highest BCUT2D eigenvalue weighted by Crippen LogP contribution is 2.41. The molecule has 1 aromatic carbocycles. The van der Waals surface area contributed by atoms with Crippen LogP contribution in [0.2, 0.25) is 0 Å². The minimum atomic E-state index is -4.32. The van der Waals surface area contributed by atoms with Crippen molar-refractivity contribution >= 4 is 24.2 Å². The monoisotopic (exact) mass is 313 g/mol. The lowest BCUT2D eigenvalue weighted by molar-refractivity contribution is -0.0328. The lowest BCUT2D eigenvalue weighted by Gasteiger charge is -2.15. The summed E-state index contributed by atoms with van der Waals surface area (Å²) in [5, 5.41) is 9.67. The average molecular weight is 314 g/mol. The molecule has 1 saturated carbocycles. The fourth-order valence-electron chi connectivity index (χ4n) is 1.87. The molecule has 1 aliphatic carbocycles. The lowest BCUT2D eigenvalue weighted by atomic mass is 10.0. The molecular weight excluding hydrogens is 299 g/mol. The van der Waals surface area contributed by atoms with Crippen LogP contribution in [0.4, 0.5) is 13.2 Å². The second kappa shape index (κ2) is 6.24. The number of rotatable bonds is 4. The van der Waals surface area contributed by atoms with Gasteiger partial charge in [-0.25, -0.2) is 0 Å². The van der Waals surface area contributed by atoms with E-state index in [1.165, 1.54) is 18.2 Å². The molecule has 0 amide bonds. The summed E-state index contributed by atoms with van der Waals surface area (Å²) in [6.45, 7) is 0. The van der Waals surface area contributed by atoms with Crippen molar-refractivity contribution in [3.8, 4) is 5.75 Å². The molecule has 0 saturated heterocycles. The first kappa shape index (κ1) is 16.5. The highest BCUT2D eigenvalue weighted by Gasteiger charge is 2.30. The van der Waals surface area contributed by atoms with Gasteiger partial charge in [0, 0.05) is 16.5 Å². The Morgan fingerprint density at radius 1 is 1.37 bits per heavy atom. The standard InChI is InChI=1S/C12H14F3NOS.ClH/c13-12(14,15)18-8-3-4-11(17)9(6-8)10(16)5-7-1-2-7;/h3-4,6-7,10,17H,1-2,5,16H2;1H/t10-;/m0./s1. The number of hydrogen-bond acceptors (Lipinski definition) is 3. The Kier molecular flexibility index (Phi) is 5.41. The number of benzene rings is 1. The van der Waals surface area contributed by atoms with Crippen molar-refractivity contribution in [2.75, 3.05) is 0 Å². The Morgan fingerprint density at radius 2 is 2.00 bits per heavy atom. The summed E-state index contributed by atoms with van der Waals surface area (Å²) >= 11 is -0.191. The first-order chi connectivity index (χ1) is 8.35. The molecule has 2 rings (SSSR count). The van der Waals surface area contributed by atoms with E-state index < -0.39 is 11.6 Å². The summed E-state index contributed by atoms with van der Waals surface area (Å²) in [4.78, 5) is 0.0570. The van der Waals surface area contributed by atoms with Crippen LogP contribution < -0.4 is 5.73 Å². The molecule has 0 spiro atoms. The van der Waals surface area contributed by atoms with Crippen molar-refractivity contribution < 1.29 is 18.3 Å². The number of hydrogen-bond donors (Lipinski definition) is 2. The Balaban J connectivity index is 0.00000180. The fraction of sp³-hybridized carbons (Fsp3) is 0.500. The van der Waals surface area contributed by atoms with E-state index in [2.05, 4.69) is 0 Å². The fourth-order valence-corrected chi connectivity index (χ4v) is 2.46. The molecule has 0 heterocycles. The predicted molar refractivity (Wildman–Crippen MR) is 71.5 cm³/mol. The molecule has 0 unspecified atom stereocenters. The smallest absolute Gasteiger partial charge is 0.446 e. The van der Waals surface area contributed by atoms with Crippen molar-refractivity contribution in [3.63, 3.8) is 0 Å². The van der Waals surface area contributed by atoms with Gasteiger partial charge in [0.15, 0.2) is 0 Å². The van der Waals surface area contributed by atoms with Gasteiger partial charge in [-0.2, -0.15) is 13.2 Å². The third kappa shape index (κ3) is 5.12. The van der Waals surface area contributed by atoms with Crippen LogP contribution in [0.1, 0.15) is 30.9 Å². The van der Waals surface area contributed by atoms with Crippen molar-refractivity contribution in [1.29, 1.82) is 0 Å². The quantitative estimate of drug-likeness (QED) is 0.818. The second-order valence-electron chi connectivity index (χ2n) is 4.55. The first-order valence-corrected chi connectivity index (χ1v) is 6.51. The number of nitrogens with two attached hydrogens (primary N) is 1. The van der Waals surface area contributed by atoms with Crippen molar-refractivity contribution in [1.82, 2.24) is 0 Å². The molecule has 0 aromatic heterocycles. The van der Waals surface area contributed by atoms with Crippen LogP contribution in [-0.2, 0) is 0 Å². The summed E-state index contributed by atoms with van der Waals surface area (Å²) in [6, 6.07) is 3.46. The van der Waals surface area contributed by atoms with E-state index in [4.69, 9.17) is 5.73 Å². The molecule has 1 atom stereocenters. The Labute approximate surface area is 120 Å². The van der Waals surface area contributed by atoms with Crippen LogP contribution in [-0.4, -0.2) is 10.6 Å². The predicted octanol–water partition coefficient (Wildman–Crippen LogP) is 4.23. The van der Waals surface area contributed by atoms with Gasteiger partial charge in [0.25, 0.3) is 0 Å². The third-order valence-corrected chi connectivity index (χ3v) is 3.64. The van der Waals surface area contributed by atoms with Gasteiger partial charge in [0.1, 0.15) is 5.75 Å². The van der Waals surface area contributed by atoms with Crippen LogP contribution in [0.5, 0.6) is 5.75 Å². The Hall–Kier alpha value is -0.590. The summed E-state index contributed by atoms with van der Waals surface area (Å²) in [5.74, 6) is 0.521. The number of alkyl halides is 3. The van der Waals surface area contributed by atoms with Crippen LogP contribution >= 0.6 is 24.2 Å². The third-order valence-electron chi connectivity index (χ3n) is 2.92. The maximum atomic E-state index is 12.3. The van der Waals surface area contributed by atoms with Crippen molar-refractivity contribution in [2.45, 2.75) is 35.7 Å². The molecule has 2 nitrogen and oxygen atoms in total. The maximum Gasteiger partial charge on any atom is 0.446 e. The molecule has 0 bridgehead atoms. The van der Waals surface area contributed by atoms with Gasteiger partial charge in [-0.3, -0.25) is 0 Å². The van der Waals surface area contributed by atoms with Crippen LogP contribution in [0.15, 0.2) is 23.1 Å².